The highest BCUT2D eigenvalue weighted by atomic mass is 31.2. The standard InChI is InChI=1S/C77H136O17P2/c1-5-9-13-17-21-25-29-33-35-39-42-46-50-54-58-62-75(80)88-68-73(94-77(82)64-60-56-52-48-44-40-36-34-30-26-22-18-14-10-6-2)70-92-96(85,86)90-66-71(78)65-89-95(83,84)91-69-72(93-76(81)63-59-55-51-47-43-38-32-28-24-20-16-12-8-4)67-87-74(79)61-57-53-49-45-41-37-31-27-23-19-15-11-7-3/h9,13,21,25,27-28,31-33,35,42,46,54,58,71-73,78H,5-8,10-12,14-20,22-24,26,29-30,34,36-41,43-45,47-53,55-57,59-70H2,1-4H3,(H,83,84)(H,85,86)/b13-9-,25-21-,31-27-,32-28-,35-33-,46-42-,58-54-. The first-order chi connectivity index (χ1) is 46.7. The predicted octanol–water partition coefficient (Wildman–Crippen LogP) is 21.4. The number of aliphatic hydroxyl groups is 1. The number of unbranched alkanes of at least 4 members (excludes halogenated alkanes) is 32. The SMILES string of the molecule is CC/C=C\C/C=C\C/C=C\C/C=C\C/C=C\CC(=O)OCC(COP(=O)(O)OCC(O)COP(=O)(O)OCC(COC(=O)CCCCCCC/C=C\CCCCCC)OC(=O)CCCCCCC/C=C\CCCCCC)OC(=O)CCCCCCCCCCCCCCCCC. The lowest BCUT2D eigenvalue weighted by Gasteiger charge is -2.21. The Bertz CT molecular complexity index is 2160. The number of rotatable bonds is 71. The van der Waals surface area contributed by atoms with Gasteiger partial charge in [-0.25, -0.2) is 9.13 Å². The fraction of sp³-hybridized carbons (Fsp3) is 0.766. The van der Waals surface area contributed by atoms with Gasteiger partial charge in [-0.05, 0) is 103 Å². The normalized spacial score (nSPS) is 14.4. The Labute approximate surface area is 583 Å². The molecule has 0 bridgehead atoms. The summed E-state index contributed by atoms with van der Waals surface area (Å²) in [5.41, 5.74) is 0. The van der Waals surface area contributed by atoms with Crippen LogP contribution in [-0.4, -0.2) is 96.7 Å². The monoisotopic (exact) mass is 1390 g/mol. The van der Waals surface area contributed by atoms with Crippen LogP contribution < -0.4 is 0 Å². The molecular formula is C77H136O17P2. The molecule has 0 heterocycles. The van der Waals surface area contributed by atoms with Gasteiger partial charge in [-0.1, -0.05) is 280 Å². The number of hydrogen-bond acceptors (Lipinski definition) is 15. The topological polar surface area (TPSA) is 237 Å². The maximum absolute atomic E-state index is 13.1. The van der Waals surface area contributed by atoms with E-state index in [1.165, 1.54) is 116 Å². The van der Waals surface area contributed by atoms with Gasteiger partial charge >= 0.3 is 39.5 Å². The first kappa shape index (κ1) is 92.2. The molecule has 0 fully saturated rings. The van der Waals surface area contributed by atoms with Crippen LogP contribution in [0.15, 0.2) is 85.1 Å². The van der Waals surface area contributed by atoms with Crippen molar-refractivity contribution in [1.82, 2.24) is 0 Å². The summed E-state index contributed by atoms with van der Waals surface area (Å²) in [5, 5.41) is 10.6. The van der Waals surface area contributed by atoms with Crippen molar-refractivity contribution in [2.75, 3.05) is 39.6 Å². The summed E-state index contributed by atoms with van der Waals surface area (Å²) in [6.07, 6.45) is 70.3. The Morgan fingerprint density at radius 3 is 0.927 bits per heavy atom. The highest BCUT2D eigenvalue weighted by Gasteiger charge is 2.30. The zero-order chi connectivity index (χ0) is 70.4. The second-order valence-corrected chi connectivity index (χ2v) is 28.1. The largest absolute Gasteiger partial charge is 0.472 e. The van der Waals surface area contributed by atoms with Crippen LogP contribution in [0.4, 0.5) is 0 Å². The van der Waals surface area contributed by atoms with Crippen LogP contribution in [-0.2, 0) is 65.4 Å². The molecule has 0 radical (unpaired) electrons. The fourth-order valence-corrected chi connectivity index (χ4v) is 11.7. The van der Waals surface area contributed by atoms with Crippen molar-refractivity contribution in [3.8, 4) is 0 Å². The molecule has 0 aromatic heterocycles. The summed E-state index contributed by atoms with van der Waals surface area (Å²) in [6.45, 7) is 4.63. The van der Waals surface area contributed by atoms with Crippen LogP contribution in [0.5, 0.6) is 0 Å². The molecule has 0 saturated heterocycles. The first-order valence-electron chi connectivity index (χ1n) is 37.8. The molecule has 5 unspecified atom stereocenters. The van der Waals surface area contributed by atoms with Gasteiger partial charge in [-0.15, -0.1) is 0 Å². The van der Waals surface area contributed by atoms with E-state index in [0.29, 0.717) is 25.7 Å². The predicted molar refractivity (Wildman–Crippen MR) is 390 cm³/mol. The maximum Gasteiger partial charge on any atom is 0.472 e. The molecule has 0 aliphatic rings. The van der Waals surface area contributed by atoms with E-state index in [1.54, 1.807) is 6.08 Å². The zero-order valence-electron chi connectivity index (χ0n) is 60.5. The molecule has 17 nitrogen and oxygen atoms in total. The second kappa shape index (κ2) is 69.7. The number of phosphoric acid groups is 2. The quantitative estimate of drug-likeness (QED) is 0.0169. The minimum Gasteiger partial charge on any atom is -0.462 e. The number of hydrogen-bond donors (Lipinski definition) is 3. The van der Waals surface area contributed by atoms with E-state index < -0.39 is 97.5 Å². The lowest BCUT2D eigenvalue weighted by molar-refractivity contribution is -0.161. The average molecular weight is 1400 g/mol. The average Bonchev–Trinajstić information content (AvgIpc) is 1.36. The minimum atomic E-state index is -4.99. The third kappa shape index (κ3) is 68.8. The number of carbonyl (C=O) groups is 4. The smallest absolute Gasteiger partial charge is 0.462 e. The second-order valence-electron chi connectivity index (χ2n) is 25.2. The van der Waals surface area contributed by atoms with Gasteiger partial charge in [-0.3, -0.25) is 37.3 Å². The van der Waals surface area contributed by atoms with Crippen molar-refractivity contribution in [3.05, 3.63) is 85.1 Å². The van der Waals surface area contributed by atoms with E-state index in [2.05, 4.69) is 88.5 Å². The molecule has 5 atom stereocenters. The lowest BCUT2D eigenvalue weighted by Crippen LogP contribution is -2.30. The van der Waals surface area contributed by atoms with Gasteiger partial charge in [0.25, 0.3) is 0 Å². The number of ether oxygens (including phenoxy) is 4. The molecule has 556 valence electrons. The molecule has 0 spiro atoms. The van der Waals surface area contributed by atoms with Crippen molar-refractivity contribution in [2.45, 2.75) is 341 Å². The Hall–Kier alpha value is -3.76. The summed E-state index contributed by atoms with van der Waals surface area (Å²) in [6, 6.07) is 0. The fourth-order valence-electron chi connectivity index (χ4n) is 10.1. The summed E-state index contributed by atoms with van der Waals surface area (Å²) >= 11 is 0. The number of phosphoric ester groups is 2. The van der Waals surface area contributed by atoms with Crippen molar-refractivity contribution < 1.29 is 80.2 Å². The van der Waals surface area contributed by atoms with Gasteiger partial charge in [0, 0.05) is 19.3 Å². The Morgan fingerprint density at radius 2 is 0.583 bits per heavy atom. The van der Waals surface area contributed by atoms with Crippen molar-refractivity contribution in [1.29, 1.82) is 0 Å². The Morgan fingerprint density at radius 1 is 0.312 bits per heavy atom. The summed E-state index contributed by atoms with van der Waals surface area (Å²) in [5.74, 6) is -2.32. The van der Waals surface area contributed by atoms with Crippen LogP contribution in [0.25, 0.3) is 0 Å². The van der Waals surface area contributed by atoms with Gasteiger partial charge in [0.2, 0.25) is 0 Å². The minimum absolute atomic E-state index is 0.0679. The molecule has 0 rings (SSSR count). The molecule has 0 aromatic carbocycles. The van der Waals surface area contributed by atoms with Gasteiger partial charge in [0.05, 0.1) is 32.8 Å². The molecule has 0 aliphatic heterocycles. The van der Waals surface area contributed by atoms with Gasteiger partial charge in [-0.2, -0.15) is 0 Å². The summed E-state index contributed by atoms with van der Waals surface area (Å²) < 4.78 is 68.3. The van der Waals surface area contributed by atoms with Crippen LogP contribution in [0.2, 0.25) is 0 Å². The van der Waals surface area contributed by atoms with E-state index in [9.17, 15) is 43.2 Å². The number of aliphatic hydroxyl groups excluding tert-OH is 1. The van der Waals surface area contributed by atoms with Crippen LogP contribution in [0.3, 0.4) is 0 Å². The van der Waals surface area contributed by atoms with Crippen molar-refractivity contribution in [2.24, 2.45) is 0 Å². The van der Waals surface area contributed by atoms with Crippen LogP contribution >= 0.6 is 15.6 Å². The molecule has 96 heavy (non-hydrogen) atoms. The van der Waals surface area contributed by atoms with Crippen molar-refractivity contribution >= 4 is 39.5 Å². The van der Waals surface area contributed by atoms with E-state index >= 15 is 0 Å². The maximum atomic E-state index is 13.1. The molecule has 0 amide bonds. The first-order valence-corrected chi connectivity index (χ1v) is 40.8. The zero-order valence-corrected chi connectivity index (χ0v) is 62.3. The van der Waals surface area contributed by atoms with E-state index in [-0.39, 0.29) is 25.7 Å². The van der Waals surface area contributed by atoms with Gasteiger partial charge in [0.15, 0.2) is 12.2 Å². The van der Waals surface area contributed by atoms with E-state index in [4.69, 9.17) is 37.0 Å². The number of allylic oxidation sites excluding steroid dienone is 13. The van der Waals surface area contributed by atoms with Crippen molar-refractivity contribution in [3.63, 3.8) is 0 Å². The van der Waals surface area contributed by atoms with Crippen LogP contribution in [0, 0.1) is 0 Å². The Balaban J connectivity index is 5.40. The third-order valence-corrected chi connectivity index (χ3v) is 17.8. The van der Waals surface area contributed by atoms with Gasteiger partial charge < -0.3 is 33.8 Å². The van der Waals surface area contributed by atoms with E-state index in [0.717, 1.165) is 128 Å². The van der Waals surface area contributed by atoms with Crippen LogP contribution in [0.1, 0.15) is 323 Å². The van der Waals surface area contributed by atoms with E-state index in [1.807, 2.05) is 18.2 Å². The lowest BCUT2D eigenvalue weighted by atomic mass is 10.0. The highest BCUT2D eigenvalue weighted by molar-refractivity contribution is 7.47. The molecule has 0 aliphatic carbocycles. The number of esters is 4. The summed E-state index contributed by atoms with van der Waals surface area (Å²) in [7, 11) is -9.96. The molecule has 3 N–H and O–H groups in total. The summed E-state index contributed by atoms with van der Waals surface area (Å²) in [4.78, 5) is 72.7. The van der Waals surface area contributed by atoms with Gasteiger partial charge in [0.1, 0.15) is 19.3 Å². The molecule has 0 aromatic rings. The molecular weight excluding hydrogens is 1260 g/mol. The molecule has 0 saturated carbocycles. The highest BCUT2D eigenvalue weighted by Crippen LogP contribution is 2.45. The number of carbonyl (C=O) groups excluding carboxylic acids is 4. The third-order valence-electron chi connectivity index (χ3n) is 15.9. The Kier molecular flexibility index (Phi) is 67.0. The molecule has 19 heteroatoms.